The van der Waals surface area contributed by atoms with Gasteiger partial charge in [-0.1, -0.05) is 17.8 Å². The van der Waals surface area contributed by atoms with Gasteiger partial charge in [0, 0.05) is 24.7 Å². The van der Waals surface area contributed by atoms with Crippen LogP contribution in [0, 0.1) is 5.82 Å². The van der Waals surface area contributed by atoms with Gasteiger partial charge >= 0.3 is 0 Å². The number of halogens is 1. The average molecular weight is 251 g/mol. The largest absolute Gasteiger partial charge is 0.316 e. The summed E-state index contributed by atoms with van der Waals surface area (Å²) in [5, 5.41) is 7.05. The zero-order valence-electron chi connectivity index (χ0n) is 9.77. The summed E-state index contributed by atoms with van der Waals surface area (Å²) in [6.07, 6.45) is 3.59. The molecule has 2 rings (SSSR count). The van der Waals surface area contributed by atoms with Crippen molar-refractivity contribution in [3.63, 3.8) is 0 Å². The monoisotopic (exact) mass is 251 g/mol. The predicted octanol–water partition coefficient (Wildman–Crippen LogP) is 2.43. The summed E-state index contributed by atoms with van der Waals surface area (Å²) >= 11 is 1.38. The molecule has 0 saturated heterocycles. The maximum Gasteiger partial charge on any atom is 0.137 e. The van der Waals surface area contributed by atoms with E-state index in [1.165, 1.54) is 11.8 Å². The molecule has 0 aliphatic rings. The summed E-state index contributed by atoms with van der Waals surface area (Å²) in [6.45, 7) is 0.675. The van der Waals surface area contributed by atoms with Crippen LogP contribution in [0.15, 0.2) is 40.4 Å². The number of benzene rings is 1. The Bertz CT molecular complexity index is 510. The summed E-state index contributed by atoms with van der Waals surface area (Å²) in [7, 11) is 3.69. The van der Waals surface area contributed by atoms with Gasteiger partial charge in [-0.3, -0.25) is 4.68 Å². The zero-order chi connectivity index (χ0) is 12.3. The highest BCUT2D eigenvalue weighted by molar-refractivity contribution is 7.99. The highest BCUT2D eigenvalue weighted by Crippen LogP contribution is 2.29. The minimum atomic E-state index is -0.188. The molecule has 2 aromatic rings. The first kappa shape index (κ1) is 12.1. The molecule has 0 spiro atoms. The van der Waals surface area contributed by atoms with Gasteiger partial charge in [0.15, 0.2) is 0 Å². The number of hydrogen-bond donors (Lipinski definition) is 1. The normalized spacial score (nSPS) is 10.8. The Labute approximate surface area is 104 Å². The van der Waals surface area contributed by atoms with Gasteiger partial charge < -0.3 is 5.32 Å². The molecule has 0 fully saturated rings. The maximum absolute atomic E-state index is 13.8. The van der Waals surface area contributed by atoms with Crippen molar-refractivity contribution < 1.29 is 4.39 Å². The van der Waals surface area contributed by atoms with Gasteiger partial charge in [-0.05, 0) is 24.7 Å². The van der Waals surface area contributed by atoms with Gasteiger partial charge in [0.1, 0.15) is 5.82 Å². The molecule has 0 saturated carbocycles. The first-order valence-electron chi connectivity index (χ1n) is 5.28. The van der Waals surface area contributed by atoms with Crippen molar-refractivity contribution in [3.8, 4) is 0 Å². The van der Waals surface area contributed by atoms with Gasteiger partial charge in [-0.25, -0.2) is 4.39 Å². The quantitative estimate of drug-likeness (QED) is 0.905. The Morgan fingerprint density at radius 2 is 2.29 bits per heavy atom. The standard InChI is InChI=1S/C12H14FN3S/c1-14-6-9-3-4-12(11(13)5-9)17-10-7-15-16(2)8-10/h3-5,7-8,14H,6H2,1-2H3. The van der Waals surface area contributed by atoms with Crippen molar-refractivity contribution in [1.82, 2.24) is 15.1 Å². The van der Waals surface area contributed by atoms with Gasteiger partial charge in [-0.2, -0.15) is 5.10 Å². The van der Waals surface area contributed by atoms with Gasteiger partial charge in [-0.15, -0.1) is 0 Å². The third-order valence-corrected chi connectivity index (χ3v) is 3.28. The maximum atomic E-state index is 13.8. The molecule has 0 amide bonds. The van der Waals surface area contributed by atoms with Crippen LogP contribution in [0.1, 0.15) is 5.56 Å². The first-order chi connectivity index (χ1) is 8.19. The number of aryl methyl sites for hydroxylation is 1. The van der Waals surface area contributed by atoms with Crippen LogP contribution < -0.4 is 5.32 Å². The molecule has 0 radical (unpaired) electrons. The fourth-order valence-electron chi connectivity index (χ4n) is 1.52. The molecule has 0 aliphatic carbocycles. The van der Waals surface area contributed by atoms with E-state index in [1.54, 1.807) is 23.0 Å². The van der Waals surface area contributed by atoms with Crippen molar-refractivity contribution in [2.24, 2.45) is 7.05 Å². The zero-order valence-corrected chi connectivity index (χ0v) is 10.6. The molecule has 1 N–H and O–H groups in total. The van der Waals surface area contributed by atoms with Crippen LogP contribution in [0.5, 0.6) is 0 Å². The Kier molecular flexibility index (Phi) is 3.81. The smallest absolute Gasteiger partial charge is 0.137 e. The summed E-state index contributed by atoms with van der Waals surface area (Å²) in [6, 6.07) is 5.30. The fraction of sp³-hybridized carbons (Fsp3) is 0.250. The minimum absolute atomic E-state index is 0.188. The molecule has 3 nitrogen and oxygen atoms in total. The second-order valence-electron chi connectivity index (χ2n) is 3.75. The van der Waals surface area contributed by atoms with Crippen LogP contribution >= 0.6 is 11.8 Å². The third kappa shape index (κ3) is 3.08. The summed E-state index contributed by atoms with van der Waals surface area (Å²) in [5.41, 5.74) is 0.945. The molecule has 0 unspecified atom stereocenters. The Morgan fingerprint density at radius 3 is 2.88 bits per heavy atom. The van der Waals surface area contributed by atoms with Gasteiger partial charge in [0.25, 0.3) is 0 Å². The van der Waals surface area contributed by atoms with E-state index in [1.807, 2.05) is 26.4 Å². The van der Waals surface area contributed by atoms with Gasteiger partial charge in [0.2, 0.25) is 0 Å². The lowest BCUT2D eigenvalue weighted by Gasteiger charge is -2.04. The molecule has 1 aromatic heterocycles. The second kappa shape index (κ2) is 5.33. The highest BCUT2D eigenvalue weighted by Gasteiger charge is 2.06. The van der Waals surface area contributed by atoms with E-state index in [0.717, 1.165) is 10.5 Å². The Hall–Kier alpha value is -1.33. The van der Waals surface area contributed by atoms with E-state index < -0.39 is 0 Å². The Morgan fingerprint density at radius 1 is 1.47 bits per heavy atom. The molecule has 0 bridgehead atoms. The van der Waals surface area contributed by atoms with Crippen molar-refractivity contribution in [3.05, 3.63) is 42.0 Å². The van der Waals surface area contributed by atoms with Crippen LogP contribution in [0.25, 0.3) is 0 Å². The molecule has 1 heterocycles. The average Bonchev–Trinajstić information content (AvgIpc) is 2.69. The summed E-state index contributed by atoms with van der Waals surface area (Å²) in [4.78, 5) is 1.56. The third-order valence-electron chi connectivity index (χ3n) is 2.29. The fourth-order valence-corrected chi connectivity index (χ4v) is 2.37. The van der Waals surface area contributed by atoms with Crippen LogP contribution in [0.2, 0.25) is 0 Å². The van der Waals surface area contributed by atoms with E-state index in [-0.39, 0.29) is 5.82 Å². The van der Waals surface area contributed by atoms with Gasteiger partial charge in [0.05, 0.1) is 11.1 Å². The molecule has 5 heteroatoms. The number of hydrogen-bond acceptors (Lipinski definition) is 3. The molecule has 0 aliphatic heterocycles. The molecule has 17 heavy (non-hydrogen) atoms. The first-order valence-corrected chi connectivity index (χ1v) is 6.10. The summed E-state index contributed by atoms with van der Waals surface area (Å²) in [5.74, 6) is -0.188. The topological polar surface area (TPSA) is 29.9 Å². The van der Waals surface area contributed by atoms with Crippen LogP contribution in [0.3, 0.4) is 0 Å². The molecular formula is C12H14FN3S. The minimum Gasteiger partial charge on any atom is -0.316 e. The van der Waals surface area contributed by atoms with Crippen molar-refractivity contribution in [1.29, 1.82) is 0 Å². The van der Waals surface area contributed by atoms with Crippen molar-refractivity contribution >= 4 is 11.8 Å². The highest BCUT2D eigenvalue weighted by atomic mass is 32.2. The van der Waals surface area contributed by atoms with E-state index in [9.17, 15) is 4.39 Å². The molecule has 1 aromatic carbocycles. The number of aromatic nitrogens is 2. The number of nitrogens with zero attached hydrogens (tertiary/aromatic N) is 2. The molecular weight excluding hydrogens is 237 g/mol. The van der Waals surface area contributed by atoms with E-state index in [0.29, 0.717) is 11.4 Å². The van der Waals surface area contributed by atoms with E-state index in [2.05, 4.69) is 10.4 Å². The number of nitrogens with one attached hydrogen (secondary N) is 1. The lowest BCUT2D eigenvalue weighted by Crippen LogP contribution is -2.05. The van der Waals surface area contributed by atoms with Crippen LogP contribution in [-0.2, 0) is 13.6 Å². The van der Waals surface area contributed by atoms with Crippen LogP contribution in [-0.4, -0.2) is 16.8 Å². The molecule has 0 atom stereocenters. The predicted molar refractivity (Wildman–Crippen MR) is 66.5 cm³/mol. The Balaban J connectivity index is 2.16. The lowest BCUT2D eigenvalue weighted by atomic mass is 10.2. The van der Waals surface area contributed by atoms with Crippen LogP contribution in [0.4, 0.5) is 4.39 Å². The van der Waals surface area contributed by atoms with Crippen molar-refractivity contribution in [2.45, 2.75) is 16.3 Å². The van der Waals surface area contributed by atoms with E-state index in [4.69, 9.17) is 0 Å². The SMILES string of the molecule is CNCc1ccc(Sc2cnn(C)c2)c(F)c1. The summed E-state index contributed by atoms with van der Waals surface area (Å²) < 4.78 is 15.5. The van der Waals surface area contributed by atoms with E-state index >= 15 is 0 Å². The lowest BCUT2D eigenvalue weighted by molar-refractivity contribution is 0.598. The number of rotatable bonds is 4. The molecule has 90 valence electrons. The van der Waals surface area contributed by atoms with Crippen molar-refractivity contribution in [2.75, 3.05) is 7.05 Å². The second-order valence-corrected chi connectivity index (χ2v) is 4.86.